The summed E-state index contributed by atoms with van der Waals surface area (Å²) in [6.45, 7) is 0. The molecule has 2 aromatic rings. The highest BCUT2D eigenvalue weighted by Crippen LogP contribution is 2.43. The second kappa shape index (κ2) is 5.52. The SMILES string of the molecule is COc1ccc(-c2ncc(C(=O)O)[nH]2)c(OC)c1OC. The summed E-state index contributed by atoms with van der Waals surface area (Å²) < 4.78 is 15.8. The van der Waals surface area contributed by atoms with Crippen LogP contribution in [0.1, 0.15) is 10.5 Å². The highest BCUT2D eigenvalue weighted by molar-refractivity contribution is 5.86. The van der Waals surface area contributed by atoms with E-state index in [9.17, 15) is 4.79 Å². The number of benzene rings is 1. The van der Waals surface area contributed by atoms with Gasteiger partial charge < -0.3 is 24.3 Å². The average Bonchev–Trinajstić information content (AvgIpc) is 2.95. The maximum Gasteiger partial charge on any atom is 0.353 e. The normalized spacial score (nSPS) is 10.2. The van der Waals surface area contributed by atoms with Gasteiger partial charge in [0.25, 0.3) is 0 Å². The fourth-order valence-corrected chi connectivity index (χ4v) is 1.85. The van der Waals surface area contributed by atoms with Gasteiger partial charge in [-0.25, -0.2) is 9.78 Å². The number of carboxylic acids is 1. The summed E-state index contributed by atoms with van der Waals surface area (Å²) in [6.07, 6.45) is 1.24. The van der Waals surface area contributed by atoms with E-state index in [2.05, 4.69) is 9.97 Å². The number of methoxy groups -OCH3 is 3. The molecule has 1 aromatic carbocycles. The number of ether oxygens (including phenoxy) is 3. The van der Waals surface area contributed by atoms with Crippen LogP contribution in [0, 0.1) is 0 Å². The molecule has 7 heteroatoms. The molecular formula is C13H14N2O5. The molecule has 0 aliphatic rings. The summed E-state index contributed by atoms with van der Waals surface area (Å²) in [6, 6.07) is 3.41. The van der Waals surface area contributed by atoms with Gasteiger partial charge in [0.05, 0.1) is 33.1 Å². The number of aromatic amines is 1. The van der Waals surface area contributed by atoms with E-state index in [1.807, 2.05) is 0 Å². The van der Waals surface area contributed by atoms with Crippen molar-refractivity contribution in [3.63, 3.8) is 0 Å². The van der Waals surface area contributed by atoms with Crippen LogP contribution in [0.3, 0.4) is 0 Å². The van der Waals surface area contributed by atoms with Crippen LogP contribution >= 0.6 is 0 Å². The molecule has 7 nitrogen and oxygen atoms in total. The van der Waals surface area contributed by atoms with Crippen LogP contribution in [0.2, 0.25) is 0 Å². The molecule has 2 N–H and O–H groups in total. The molecular weight excluding hydrogens is 264 g/mol. The molecule has 0 radical (unpaired) electrons. The number of aromatic nitrogens is 2. The van der Waals surface area contributed by atoms with Gasteiger partial charge in [0.1, 0.15) is 11.5 Å². The van der Waals surface area contributed by atoms with E-state index in [0.29, 0.717) is 28.6 Å². The van der Waals surface area contributed by atoms with Crippen molar-refractivity contribution in [2.45, 2.75) is 0 Å². The molecule has 106 valence electrons. The zero-order valence-electron chi connectivity index (χ0n) is 11.3. The Bertz CT molecular complexity index is 636. The topological polar surface area (TPSA) is 93.7 Å². The Morgan fingerprint density at radius 3 is 2.35 bits per heavy atom. The monoisotopic (exact) mass is 278 g/mol. The Kier molecular flexibility index (Phi) is 3.79. The smallest absolute Gasteiger partial charge is 0.353 e. The van der Waals surface area contributed by atoms with Crippen LogP contribution in [0.25, 0.3) is 11.4 Å². The maximum absolute atomic E-state index is 10.9. The molecule has 0 aliphatic carbocycles. The minimum atomic E-state index is -1.08. The fourth-order valence-electron chi connectivity index (χ4n) is 1.85. The first-order valence-corrected chi connectivity index (χ1v) is 5.70. The second-order valence-electron chi connectivity index (χ2n) is 3.83. The molecule has 0 saturated heterocycles. The first-order chi connectivity index (χ1) is 9.62. The third-order valence-electron chi connectivity index (χ3n) is 2.77. The quantitative estimate of drug-likeness (QED) is 0.866. The predicted octanol–water partition coefficient (Wildman–Crippen LogP) is 1.80. The fraction of sp³-hybridized carbons (Fsp3) is 0.231. The number of nitrogens with zero attached hydrogens (tertiary/aromatic N) is 1. The molecule has 0 unspecified atom stereocenters. The van der Waals surface area contributed by atoms with E-state index >= 15 is 0 Å². The van der Waals surface area contributed by atoms with Gasteiger partial charge in [-0.05, 0) is 12.1 Å². The summed E-state index contributed by atoms with van der Waals surface area (Å²) >= 11 is 0. The Morgan fingerprint density at radius 1 is 1.15 bits per heavy atom. The summed E-state index contributed by atoms with van der Waals surface area (Å²) in [5.74, 6) is 0.639. The molecule has 0 atom stereocenters. The summed E-state index contributed by atoms with van der Waals surface area (Å²) in [7, 11) is 4.50. The number of H-pyrrole nitrogens is 1. The van der Waals surface area contributed by atoms with E-state index in [4.69, 9.17) is 19.3 Å². The van der Waals surface area contributed by atoms with E-state index in [1.165, 1.54) is 27.5 Å². The molecule has 2 rings (SSSR count). The van der Waals surface area contributed by atoms with Crippen LogP contribution in [0.5, 0.6) is 17.2 Å². The van der Waals surface area contributed by atoms with Gasteiger partial charge in [-0.2, -0.15) is 0 Å². The number of hydrogen-bond donors (Lipinski definition) is 2. The van der Waals surface area contributed by atoms with E-state index in [1.54, 1.807) is 12.1 Å². The van der Waals surface area contributed by atoms with Gasteiger partial charge in [-0.15, -0.1) is 0 Å². The first-order valence-electron chi connectivity index (χ1n) is 5.70. The Hall–Kier alpha value is -2.70. The average molecular weight is 278 g/mol. The number of carboxylic acid groups (broad SMARTS) is 1. The third kappa shape index (κ3) is 2.25. The number of carbonyl (C=O) groups is 1. The number of rotatable bonds is 5. The van der Waals surface area contributed by atoms with Gasteiger partial charge in [0, 0.05) is 0 Å². The lowest BCUT2D eigenvalue weighted by atomic mass is 10.1. The summed E-state index contributed by atoms with van der Waals surface area (Å²) in [5, 5.41) is 8.91. The largest absolute Gasteiger partial charge is 0.493 e. The van der Waals surface area contributed by atoms with Crippen molar-refractivity contribution in [2.75, 3.05) is 21.3 Å². The third-order valence-corrected chi connectivity index (χ3v) is 2.77. The Balaban J connectivity index is 2.58. The van der Waals surface area contributed by atoms with Crippen LogP contribution < -0.4 is 14.2 Å². The van der Waals surface area contributed by atoms with Gasteiger partial charge in [0.2, 0.25) is 5.75 Å². The van der Waals surface area contributed by atoms with Crippen molar-refractivity contribution in [3.8, 4) is 28.6 Å². The van der Waals surface area contributed by atoms with E-state index in [0.717, 1.165) is 0 Å². The van der Waals surface area contributed by atoms with E-state index in [-0.39, 0.29) is 5.69 Å². The predicted molar refractivity (Wildman–Crippen MR) is 70.6 cm³/mol. The van der Waals surface area contributed by atoms with E-state index < -0.39 is 5.97 Å². The number of hydrogen-bond acceptors (Lipinski definition) is 5. The van der Waals surface area contributed by atoms with Gasteiger partial charge in [0.15, 0.2) is 11.5 Å². The van der Waals surface area contributed by atoms with Crippen LogP contribution in [-0.4, -0.2) is 42.4 Å². The highest BCUT2D eigenvalue weighted by atomic mass is 16.5. The highest BCUT2D eigenvalue weighted by Gasteiger charge is 2.19. The van der Waals surface area contributed by atoms with Crippen LogP contribution in [0.15, 0.2) is 18.3 Å². The lowest BCUT2D eigenvalue weighted by Crippen LogP contribution is -1.98. The maximum atomic E-state index is 10.9. The second-order valence-corrected chi connectivity index (χ2v) is 3.83. The van der Waals surface area contributed by atoms with Crippen molar-refractivity contribution in [3.05, 3.63) is 24.0 Å². The first kappa shape index (κ1) is 13.7. The molecule has 20 heavy (non-hydrogen) atoms. The standard InChI is InChI=1S/C13H14N2O5/c1-18-9-5-4-7(10(19-2)11(9)20-3)12-14-6-8(15-12)13(16)17/h4-6H,1-3H3,(H,14,15)(H,16,17). The van der Waals surface area contributed by atoms with Gasteiger partial charge in [-0.1, -0.05) is 0 Å². The lowest BCUT2D eigenvalue weighted by molar-refractivity contribution is 0.0691. The molecule has 0 fully saturated rings. The number of nitrogens with one attached hydrogen (secondary N) is 1. The number of aromatic carboxylic acids is 1. The molecule has 1 heterocycles. The van der Waals surface area contributed by atoms with Crippen molar-refractivity contribution in [2.24, 2.45) is 0 Å². The lowest BCUT2D eigenvalue weighted by Gasteiger charge is -2.14. The molecule has 0 bridgehead atoms. The summed E-state index contributed by atoms with van der Waals surface area (Å²) in [4.78, 5) is 17.6. The summed E-state index contributed by atoms with van der Waals surface area (Å²) in [5.41, 5.74) is 0.578. The van der Waals surface area contributed by atoms with Crippen molar-refractivity contribution in [1.82, 2.24) is 9.97 Å². The molecule has 0 amide bonds. The minimum absolute atomic E-state index is 0.00293. The molecule has 0 spiro atoms. The van der Waals surface area contributed by atoms with Crippen LogP contribution in [-0.2, 0) is 0 Å². The Labute approximate surface area is 115 Å². The zero-order valence-corrected chi connectivity index (χ0v) is 11.3. The molecule has 1 aromatic heterocycles. The molecule has 0 aliphatic heterocycles. The van der Waals surface area contributed by atoms with Crippen molar-refractivity contribution in [1.29, 1.82) is 0 Å². The van der Waals surface area contributed by atoms with Crippen LogP contribution in [0.4, 0.5) is 0 Å². The van der Waals surface area contributed by atoms with Crippen molar-refractivity contribution >= 4 is 5.97 Å². The van der Waals surface area contributed by atoms with Crippen molar-refractivity contribution < 1.29 is 24.1 Å². The van der Waals surface area contributed by atoms with Gasteiger partial charge >= 0.3 is 5.97 Å². The van der Waals surface area contributed by atoms with Gasteiger partial charge in [-0.3, -0.25) is 0 Å². The molecule has 0 saturated carbocycles. The zero-order chi connectivity index (χ0) is 14.7. The minimum Gasteiger partial charge on any atom is -0.493 e. The number of imidazole rings is 1. The Morgan fingerprint density at radius 2 is 1.85 bits per heavy atom.